The molecule has 0 unspecified atom stereocenters. The maximum absolute atomic E-state index is 13.0. The number of fused-ring (bicyclic) bond motifs is 2. The fraction of sp³-hybridized carbons (Fsp3) is 0.343. The highest BCUT2D eigenvalue weighted by Gasteiger charge is 2.24. The van der Waals surface area contributed by atoms with Gasteiger partial charge in [0, 0.05) is 50.4 Å². The zero-order chi connectivity index (χ0) is 31.3. The summed E-state index contributed by atoms with van der Waals surface area (Å²) in [5.74, 6) is 1.98. The molecule has 0 aliphatic carbocycles. The third kappa shape index (κ3) is 7.02. The van der Waals surface area contributed by atoms with E-state index in [-0.39, 0.29) is 18.4 Å². The molecule has 2 N–H and O–H groups in total. The first-order chi connectivity index (χ1) is 21.9. The number of aliphatic hydroxyl groups is 1. The first kappa shape index (κ1) is 30.4. The van der Waals surface area contributed by atoms with Crippen LogP contribution in [0.2, 0.25) is 0 Å². The fourth-order valence-electron chi connectivity index (χ4n) is 6.11. The Kier molecular flexibility index (Phi) is 9.13. The number of rotatable bonds is 10. The van der Waals surface area contributed by atoms with Crippen molar-refractivity contribution >= 4 is 11.8 Å². The molecule has 0 radical (unpaired) electrons. The summed E-state index contributed by atoms with van der Waals surface area (Å²) in [7, 11) is 1.60. The number of nitrogens with zero attached hydrogens (tertiary/aromatic N) is 3. The second-order valence-corrected chi connectivity index (χ2v) is 11.6. The number of hydrogen-bond acceptors (Lipinski definition) is 8. The average Bonchev–Trinajstić information content (AvgIpc) is 3.60. The number of β-amino-alcohol motifs (C(OH)–C–C–N with tert-alkyl or cyclic N) is 1. The van der Waals surface area contributed by atoms with Crippen molar-refractivity contribution in [1.82, 2.24) is 20.1 Å². The van der Waals surface area contributed by atoms with Crippen molar-refractivity contribution in [3.8, 4) is 11.5 Å². The van der Waals surface area contributed by atoms with Crippen LogP contribution in [-0.4, -0.2) is 71.1 Å². The Morgan fingerprint density at radius 1 is 1.00 bits per heavy atom. The Labute approximate surface area is 262 Å². The summed E-state index contributed by atoms with van der Waals surface area (Å²) in [4.78, 5) is 33.9. The van der Waals surface area contributed by atoms with Gasteiger partial charge in [0.1, 0.15) is 18.1 Å². The molecule has 0 bridgehead atoms. The number of hydrogen-bond donors (Lipinski definition) is 2. The zero-order valence-electron chi connectivity index (χ0n) is 25.6. The predicted molar refractivity (Wildman–Crippen MR) is 167 cm³/mol. The highest BCUT2D eigenvalue weighted by atomic mass is 16.5. The van der Waals surface area contributed by atoms with Crippen LogP contribution in [0.1, 0.15) is 54.3 Å². The van der Waals surface area contributed by atoms with Crippen molar-refractivity contribution < 1.29 is 28.6 Å². The number of carbonyl (C=O) groups excluding carboxylic acids is 2. The largest absolute Gasteiger partial charge is 0.497 e. The van der Waals surface area contributed by atoms with Crippen molar-refractivity contribution in [2.24, 2.45) is 0 Å². The Bertz CT molecular complexity index is 1650. The van der Waals surface area contributed by atoms with Gasteiger partial charge in [-0.3, -0.25) is 14.5 Å². The number of nitrogens with one attached hydrogen (secondary N) is 1. The normalized spacial score (nSPS) is 15.1. The number of methoxy groups -OCH3 is 1. The van der Waals surface area contributed by atoms with Gasteiger partial charge in [0.25, 0.3) is 11.8 Å². The molecular weight excluding hydrogens is 572 g/mol. The van der Waals surface area contributed by atoms with Gasteiger partial charge in [-0.1, -0.05) is 12.1 Å². The van der Waals surface area contributed by atoms with Crippen LogP contribution in [-0.2, 0) is 32.5 Å². The summed E-state index contributed by atoms with van der Waals surface area (Å²) in [5, 5.41) is 13.7. The minimum Gasteiger partial charge on any atom is -0.497 e. The van der Waals surface area contributed by atoms with Crippen LogP contribution in [0.15, 0.2) is 71.6 Å². The molecule has 1 atom stereocenters. The Morgan fingerprint density at radius 2 is 1.80 bits per heavy atom. The lowest BCUT2D eigenvalue weighted by molar-refractivity contribution is 0.0734. The number of aromatic nitrogens is 1. The van der Waals surface area contributed by atoms with Gasteiger partial charge in [0.2, 0.25) is 0 Å². The van der Waals surface area contributed by atoms with Crippen molar-refractivity contribution in [2.75, 3.05) is 33.3 Å². The molecule has 0 spiro atoms. The molecule has 45 heavy (non-hydrogen) atoms. The average molecular weight is 611 g/mol. The molecule has 10 heteroatoms. The molecule has 1 aromatic heterocycles. The van der Waals surface area contributed by atoms with Crippen LogP contribution in [0.3, 0.4) is 0 Å². The van der Waals surface area contributed by atoms with E-state index in [1.807, 2.05) is 23.1 Å². The van der Waals surface area contributed by atoms with Crippen LogP contribution in [0.5, 0.6) is 11.5 Å². The molecule has 234 valence electrons. The quantitative estimate of drug-likeness (QED) is 0.278. The van der Waals surface area contributed by atoms with E-state index in [4.69, 9.17) is 13.9 Å². The topological polar surface area (TPSA) is 117 Å². The molecule has 0 saturated heterocycles. The summed E-state index contributed by atoms with van der Waals surface area (Å²) < 4.78 is 16.4. The van der Waals surface area contributed by atoms with E-state index in [9.17, 15) is 14.7 Å². The Balaban J connectivity index is 0.978. The summed E-state index contributed by atoms with van der Waals surface area (Å²) in [6.45, 7) is 5.65. The SMILES string of the molecule is COc1ccc(C(=O)N2CCc3cc(C(=O)NC[C@H](O)CN4CCc5c(ccc(OCc6cnco6)c5C)C4)ccc3C2)cc1. The first-order valence-corrected chi connectivity index (χ1v) is 15.2. The Morgan fingerprint density at radius 3 is 2.58 bits per heavy atom. The lowest BCUT2D eigenvalue weighted by Gasteiger charge is -2.31. The second kappa shape index (κ2) is 13.5. The van der Waals surface area contributed by atoms with Gasteiger partial charge >= 0.3 is 0 Å². The minimum absolute atomic E-state index is 0.0238. The smallest absolute Gasteiger partial charge is 0.254 e. The Hall–Kier alpha value is -4.67. The van der Waals surface area contributed by atoms with Gasteiger partial charge in [-0.25, -0.2) is 4.98 Å². The molecule has 2 aliphatic rings. The van der Waals surface area contributed by atoms with Crippen LogP contribution in [0, 0.1) is 6.92 Å². The number of amides is 2. The predicted octanol–water partition coefficient (Wildman–Crippen LogP) is 3.92. The van der Waals surface area contributed by atoms with Gasteiger partial charge in [0.15, 0.2) is 12.2 Å². The summed E-state index contributed by atoms with van der Waals surface area (Å²) in [6, 6.07) is 16.8. The standard InChI is InChI=1S/C35H38N4O6/c1-23-32-12-13-38(18-28(32)7-10-33(23)44-21-31-17-36-22-45-31)20-29(40)16-37-34(41)26-3-4-27-19-39(14-11-25(27)15-26)35(42)24-5-8-30(43-2)9-6-24/h3-10,15,17,22,29,40H,11-14,16,18-21H2,1-2H3,(H,37,41)/t29-/m0/s1. The molecule has 6 rings (SSSR count). The van der Waals surface area contributed by atoms with Gasteiger partial charge in [-0.15, -0.1) is 0 Å². The first-order valence-electron chi connectivity index (χ1n) is 15.2. The van der Waals surface area contributed by atoms with E-state index in [1.165, 1.54) is 17.5 Å². The van der Waals surface area contributed by atoms with E-state index < -0.39 is 6.10 Å². The van der Waals surface area contributed by atoms with Crippen LogP contribution in [0.25, 0.3) is 0 Å². The molecule has 4 aromatic rings. The third-order valence-electron chi connectivity index (χ3n) is 8.64. The molecule has 2 aliphatic heterocycles. The molecular formula is C35H38N4O6. The van der Waals surface area contributed by atoms with E-state index in [2.05, 4.69) is 28.2 Å². The molecule has 3 aromatic carbocycles. The van der Waals surface area contributed by atoms with E-state index in [1.54, 1.807) is 43.6 Å². The summed E-state index contributed by atoms with van der Waals surface area (Å²) in [6.07, 6.45) is 3.88. The van der Waals surface area contributed by atoms with E-state index >= 15 is 0 Å². The van der Waals surface area contributed by atoms with Gasteiger partial charge in [0.05, 0.1) is 19.4 Å². The maximum Gasteiger partial charge on any atom is 0.254 e. The van der Waals surface area contributed by atoms with Crippen molar-refractivity contribution in [3.05, 3.63) is 112 Å². The lowest BCUT2D eigenvalue weighted by Crippen LogP contribution is -2.42. The minimum atomic E-state index is -0.698. The zero-order valence-corrected chi connectivity index (χ0v) is 25.6. The number of aliphatic hydroxyl groups excluding tert-OH is 1. The lowest BCUT2D eigenvalue weighted by atomic mass is 9.94. The van der Waals surface area contributed by atoms with Gasteiger partial charge in [-0.2, -0.15) is 0 Å². The van der Waals surface area contributed by atoms with E-state index in [0.29, 0.717) is 55.3 Å². The van der Waals surface area contributed by atoms with Gasteiger partial charge in [-0.05, 0) is 90.0 Å². The summed E-state index contributed by atoms with van der Waals surface area (Å²) in [5.41, 5.74) is 6.91. The van der Waals surface area contributed by atoms with Crippen LogP contribution >= 0.6 is 0 Å². The second-order valence-electron chi connectivity index (χ2n) is 11.6. The van der Waals surface area contributed by atoms with Crippen LogP contribution in [0.4, 0.5) is 0 Å². The van der Waals surface area contributed by atoms with Crippen molar-refractivity contribution in [3.63, 3.8) is 0 Å². The molecule has 10 nitrogen and oxygen atoms in total. The van der Waals surface area contributed by atoms with Crippen LogP contribution < -0.4 is 14.8 Å². The molecule has 0 saturated carbocycles. The number of benzene rings is 3. The number of carbonyl (C=O) groups is 2. The van der Waals surface area contributed by atoms with Crippen molar-refractivity contribution in [1.29, 1.82) is 0 Å². The monoisotopic (exact) mass is 610 g/mol. The number of oxazole rings is 1. The van der Waals surface area contributed by atoms with Gasteiger partial charge < -0.3 is 29.2 Å². The molecule has 3 heterocycles. The highest BCUT2D eigenvalue weighted by Crippen LogP contribution is 2.30. The summed E-state index contributed by atoms with van der Waals surface area (Å²) >= 11 is 0. The number of ether oxygens (including phenoxy) is 2. The molecule has 2 amide bonds. The van der Waals surface area contributed by atoms with E-state index in [0.717, 1.165) is 42.0 Å². The maximum atomic E-state index is 13.0. The van der Waals surface area contributed by atoms with Crippen molar-refractivity contribution in [2.45, 2.75) is 45.6 Å². The third-order valence-corrected chi connectivity index (χ3v) is 8.64. The molecule has 0 fully saturated rings. The highest BCUT2D eigenvalue weighted by molar-refractivity contribution is 5.95. The fourth-order valence-corrected chi connectivity index (χ4v) is 6.11.